The number of rotatable bonds is 6. The molecule has 9 aromatic heterocycles. The van der Waals surface area contributed by atoms with E-state index in [-0.39, 0.29) is 65.7 Å². The van der Waals surface area contributed by atoms with E-state index in [0.717, 1.165) is 100 Å². The predicted molar refractivity (Wildman–Crippen MR) is 464 cm³/mol. The lowest BCUT2D eigenvalue weighted by Crippen LogP contribution is -2.41. The van der Waals surface area contributed by atoms with Crippen LogP contribution in [0.15, 0.2) is 160 Å². The second kappa shape index (κ2) is 30.4. The van der Waals surface area contributed by atoms with E-state index in [2.05, 4.69) is 90.6 Å². The van der Waals surface area contributed by atoms with Gasteiger partial charge in [0.2, 0.25) is 17.8 Å². The van der Waals surface area contributed by atoms with Crippen LogP contribution in [0, 0.1) is 0 Å². The number of nitrogens with zero attached hydrogens (tertiary/aromatic N) is 20. The summed E-state index contributed by atoms with van der Waals surface area (Å²) in [6.07, 6.45) is 28.0. The number of fused-ring (bicyclic) bond motifs is 21. The van der Waals surface area contributed by atoms with Gasteiger partial charge in [-0.05, 0) is 190 Å². The van der Waals surface area contributed by atoms with E-state index in [0.29, 0.717) is 166 Å². The van der Waals surface area contributed by atoms with Gasteiger partial charge in [0.05, 0.1) is 26.7 Å². The molecule has 24 rings (SSSR count). The summed E-state index contributed by atoms with van der Waals surface area (Å²) < 4.78 is 31.9. The zero-order valence-electron chi connectivity index (χ0n) is 68.9. The third kappa shape index (κ3) is 13.7. The molecule has 9 aliphatic heterocycles. The number of aromatic nitrogens is 15. The number of carbonyl (C=O) groups is 4. The van der Waals surface area contributed by atoms with Gasteiger partial charge in [-0.2, -0.15) is 15.0 Å². The van der Waals surface area contributed by atoms with Crippen molar-refractivity contribution in [1.82, 2.24) is 88.1 Å². The number of allylic oxidation sites excluding steroid dienone is 6. The molecule has 3 saturated carbocycles. The molecule has 4 N–H and O–H groups in total. The molecule has 6 bridgehead atoms. The van der Waals surface area contributed by atoms with Crippen molar-refractivity contribution >= 4 is 109 Å². The summed E-state index contributed by atoms with van der Waals surface area (Å²) in [5, 5.41) is 14.7. The molecule has 18 heterocycles. The fourth-order valence-corrected chi connectivity index (χ4v) is 19.3. The highest BCUT2D eigenvalue weighted by Crippen LogP contribution is 2.55. The summed E-state index contributed by atoms with van der Waals surface area (Å²) in [5.74, 6) is 5.03. The standard InChI is InChI=1S/C31H30N8O5.C30H30N8O3.C29H28N8O3/c1-43-30(42)36-16-19-14-20(6-7-22(19)31(18-36)10-11-31)33-29-32-15-21-26(35-29)39-24-9-8-23-27(34-24)37(25(40)17-44-23)12-4-2-3-5-13-38(39)28(21)41;1-35-16-19-14-20(6-7-22(19)30(18-35)10-11-30)32-29-31-15-21-26(34-29)38-24-9-8-23-27(33-24)36(25(39)17-41-23)12-4-2-3-5-13-37(38)28(21)40;38-24-16-40-22-7-8-23-33-26(22)35(24)11-3-1-2-4-12-36-27(39)20-15-31-28(34-25(20)37(23)36)32-19-5-6-21-18(13-19)14-30-17-29(21)9-10-29/h3,5-9,14-15H,2,4,10-13,16-18H2,1H3,(H,32,33,35);3,5-9,14-15H,2,4,10-13,16-18H2,1H3,(H,31,32,34);2,4-8,13,15,30H,1,3,9-12,14,16-17H2,(H,31,32,34). The number of pyridine rings is 3. The maximum absolute atomic E-state index is 13.6. The Hall–Kier alpha value is -14.2. The van der Waals surface area contributed by atoms with Crippen molar-refractivity contribution in [3.63, 3.8) is 0 Å². The van der Waals surface area contributed by atoms with Crippen molar-refractivity contribution in [2.24, 2.45) is 0 Å². The summed E-state index contributed by atoms with van der Waals surface area (Å²) in [5.41, 5.74) is 11.6. The Morgan fingerprint density at radius 3 is 1.21 bits per heavy atom. The lowest BCUT2D eigenvalue weighted by atomic mass is 9.87. The normalized spacial score (nSPS) is 18.8. The molecular formula is C90H88N24O11. The third-order valence-electron chi connectivity index (χ3n) is 25.9. The number of benzene rings is 3. The fourth-order valence-electron chi connectivity index (χ4n) is 19.3. The number of anilines is 9. The second-order valence-electron chi connectivity index (χ2n) is 34.1. The molecule has 12 aliphatic rings. The highest BCUT2D eigenvalue weighted by atomic mass is 16.5. The minimum Gasteiger partial charge on any atom is -0.480 e. The van der Waals surface area contributed by atoms with Crippen LogP contribution in [-0.2, 0) is 74.6 Å². The Morgan fingerprint density at radius 1 is 0.440 bits per heavy atom. The van der Waals surface area contributed by atoms with Crippen LogP contribution in [0.25, 0.3) is 50.6 Å². The van der Waals surface area contributed by atoms with Gasteiger partial charge in [0.25, 0.3) is 34.4 Å². The van der Waals surface area contributed by atoms with Gasteiger partial charge in [0, 0.05) is 111 Å². The van der Waals surface area contributed by atoms with Gasteiger partial charge < -0.3 is 50.0 Å². The second-order valence-corrected chi connectivity index (χ2v) is 34.1. The first-order valence-corrected chi connectivity index (χ1v) is 42.7. The number of hydrogen-bond acceptors (Lipinski definition) is 25. The molecule has 0 atom stereocenters. The van der Waals surface area contributed by atoms with Gasteiger partial charge in [-0.15, -0.1) is 0 Å². The van der Waals surface area contributed by atoms with Crippen molar-refractivity contribution in [2.45, 2.75) is 133 Å². The summed E-state index contributed by atoms with van der Waals surface area (Å²) in [6, 6.07) is 29.8. The molecule has 0 saturated heterocycles. The summed E-state index contributed by atoms with van der Waals surface area (Å²) in [6.45, 7) is 7.63. The van der Waals surface area contributed by atoms with Crippen molar-refractivity contribution in [3.05, 3.63) is 210 Å². The largest absolute Gasteiger partial charge is 0.480 e. The topological polar surface area (TPSA) is 366 Å². The molecule has 12 aromatic rings. The zero-order valence-corrected chi connectivity index (χ0v) is 68.9. The van der Waals surface area contributed by atoms with Gasteiger partial charge in [-0.1, -0.05) is 54.7 Å². The molecule has 125 heavy (non-hydrogen) atoms. The average molecular weight is 1680 g/mol. The highest BCUT2D eigenvalue weighted by Gasteiger charge is 2.52. The summed E-state index contributed by atoms with van der Waals surface area (Å²) in [7, 11) is 3.59. The molecule has 3 aliphatic carbocycles. The van der Waals surface area contributed by atoms with E-state index in [1.54, 1.807) is 96.5 Å². The highest BCUT2D eigenvalue weighted by molar-refractivity contribution is 5.99. The van der Waals surface area contributed by atoms with Crippen LogP contribution in [0.1, 0.15) is 110 Å². The van der Waals surface area contributed by atoms with Crippen LogP contribution in [0.5, 0.6) is 17.2 Å². The first kappa shape index (κ1) is 76.9. The van der Waals surface area contributed by atoms with Crippen LogP contribution in [0.4, 0.5) is 57.2 Å². The number of carbonyl (C=O) groups excluding carboxylic acids is 4. The van der Waals surface area contributed by atoms with Gasteiger partial charge in [0.15, 0.2) is 88.9 Å². The van der Waals surface area contributed by atoms with Gasteiger partial charge >= 0.3 is 6.09 Å². The summed E-state index contributed by atoms with van der Waals surface area (Å²) >= 11 is 0. The van der Waals surface area contributed by atoms with E-state index in [4.69, 9.17) is 48.9 Å². The maximum Gasteiger partial charge on any atom is 0.409 e. The number of ether oxygens (including phenoxy) is 4. The van der Waals surface area contributed by atoms with E-state index in [1.165, 1.54) is 66.8 Å². The Labute approximate surface area is 713 Å². The SMILES string of the molecule is CN1Cc2cc(Nc3ncc4c(=O)n5n(c4n3)-c3ccc4c(n3)N(CCCC=CC5)C(=O)CO4)ccc2C2(CC2)C1.COC(=O)N1Cc2cc(Nc3ncc4c(=O)n5n(c4n3)-c3ccc4c(n3)N(CCCC=CC5)C(=O)CO4)ccc2C2(CC2)C1.O=C1COc2ccc3nc2N1CCCC=CCn1c(=O)c2cnc(Nc4ccc5c(c4)CNCC54CC4)nc2n1-3. The van der Waals surface area contributed by atoms with E-state index in [9.17, 15) is 33.6 Å². The van der Waals surface area contributed by atoms with Crippen LogP contribution in [0.2, 0.25) is 0 Å². The number of methoxy groups -OCH3 is 1. The molecule has 3 fully saturated rings. The van der Waals surface area contributed by atoms with Crippen LogP contribution in [-0.4, -0.2) is 180 Å². The first-order valence-electron chi connectivity index (χ1n) is 42.7. The van der Waals surface area contributed by atoms with Crippen LogP contribution in [0.3, 0.4) is 0 Å². The molecule has 3 spiro atoms. The Bertz CT molecular complexity index is 6820. The van der Waals surface area contributed by atoms with Crippen molar-refractivity contribution in [2.75, 3.05) is 104 Å². The molecule has 0 radical (unpaired) electrons. The van der Waals surface area contributed by atoms with Crippen molar-refractivity contribution in [3.8, 4) is 34.7 Å². The van der Waals surface area contributed by atoms with E-state index >= 15 is 0 Å². The first-order chi connectivity index (χ1) is 61.0. The van der Waals surface area contributed by atoms with Gasteiger partial charge in [-0.3, -0.25) is 43.5 Å². The molecule has 3 aromatic carbocycles. The average Bonchev–Trinajstić information content (AvgIpc) is 1.58. The molecule has 634 valence electrons. The monoisotopic (exact) mass is 1680 g/mol. The maximum atomic E-state index is 13.6. The number of hydrogen-bond donors (Lipinski definition) is 4. The lowest BCUT2D eigenvalue weighted by molar-refractivity contribution is -0.122. The predicted octanol–water partition coefficient (Wildman–Crippen LogP) is 9.61. The van der Waals surface area contributed by atoms with E-state index < -0.39 is 0 Å². The Morgan fingerprint density at radius 2 is 0.816 bits per heavy atom. The number of nitrogens with one attached hydrogen (secondary N) is 4. The van der Waals surface area contributed by atoms with Gasteiger partial charge in [-0.25, -0.2) is 62.8 Å². The zero-order chi connectivity index (χ0) is 84.6. The van der Waals surface area contributed by atoms with Crippen LogP contribution < -0.4 is 66.9 Å². The minimum atomic E-state index is -0.327. The van der Waals surface area contributed by atoms with Crippen molar-refractivity contribution < 1.29 is 38.1 Å². The molecule has 35 nitrogen and oxygen atoms in total. The Kier molecular flexibility index (Phi) is 18.7. The molecule has 0 unspecified atom stereocenters. The quantitative estimate of drug-likeness (QED) is 0.112. The van der Waals surface area contributed by atoms with Crippen molar-refractivity contribution in [1.29, 1.82) is 0 Å². The Balaban J connectivity index is 0.000000111. The third-order valence-corrected chi connectivity index (χ3v) is 25.9. The lowest BCUT2D eigenvalue weighted by Gasteiger charge is -2.34. The van der Waals surface area contributed by atoms with E-state index in [1.807, 2.05) is 48.6 Å². The molecule has 35 heteroatoms. The molecular weight excluding hydrogens is 1590 g/mol. The minimum absolute atomic E-state index is 0.00325. The smallest absolute Gasteiger partial charge is 0.409 e. The van der Waals surface area contributed by atoms with Crippen LogP contribution >= 0.6 is 0 Å². The number of amides is 4. The fraction of sp³-hybridized carbons (Fsp3) is 0.356. The summed E-state index contributed by atoms with van der Waals surface area (Å²) in [4.78, 5) is 143. The van der Waals surface area contributed by atoms with Gasteiger partial charge in [0.1, 0.15) is 16.2 Å². The molecule has 4 amide bonds. The number of likely N-dealkylation sites (N-methyl/N-ethyl adjacent to an activating group) is 1.